The van der Waals surface area contributed by atoms with Crippen molar-refractivity contribution in [3.8, 4) is 0 Å². The molecule has 0 aliphatic carbocycles. The highest BCUT2D eigenvalue weighted by molar-refractivity contribution is 6.30. The van der Waals surface area contributed by atoms with E-state index in [-0.39, 0.29) is 12.5 Å². The molecule has 0 spiro atoms. The van der Waals surface area contributed by atoms with Crippen LogP contribution < -0.4 is 0 Å². The first-order chi connectivity index (χ1) is 11.1. The molecule has 23 heavy (non-hydrogen) atoms. The molecular formula is C18H27ClN2O2. The second-order valence-electron chi connectivity index (χ2n) is 6.35. The Morgan fingerprint density at radius 3 is 2.74 bits per heavy atom. The molecule has 1 heterocycles. The molecule has 1 aromatic rings. The molecule has 0 radical (unpaired) electrons. The minimum atomic E-state index is 0.105. The molecule has 1 aromatic carbocycles. The highest BCUT2D eigenvalue weighted by Crippen LogP contribution is 2.20. The maximum atomic E-state index is 12.7. The second-order valence-corrected chi connectivity index (χ2v) is 6.79. The number of amides is 1. The van der Waals surface area contributed by atoms with Gasteiger partial charge in [-0.05, 0) is 50.6 Å². The van der Waals surface area contributed by atoms with Gasteiger partial charge in [0.25, 0.3) is 0 Å². The molecule has 0 aromatic heterocycles. The average Bonchev–Trinajstić information content (AvgIpc) is 2.55. The van der Waals surface area contributed by atoms with Gasteiger partial charge in [-0.15, -0.1) is 0 Å². The third-order valence-corrected chi connectivity index (χ3v) is 4.81. The number of aliphatic hydroxyl groups excluding tert-OH is 1. The van der Waals surface area contributed by atoms with Crippen LogP contribution in [0.3, 0.4) is 0 Å². The van der Waals surface area contributed by atoms with Crippen molar-refractivity contribution >= 4 is 17.5 Å². The van der Waals surface area contributed by atoms with E-state index in [9.17, 15) is 4.79 Å². The summed E-state index contributed by atoms with van der Waals surface area (Å²) < 4.78 is 0. The zero-order chi connectivity index (χ0) is 16.7. The van der Waals surface area contributed by atoms with E-state index in [1.807, 2.05) is 29.2 Å². The molecule has 0 bridgehead atoms. The van der Waals surface area contributed by atoms with Crippen molar-refractivity contribution in [2.45, 2.75) is 44.7 Å². The van der Waals surface area contributed by atoms with Crippen molar-refractivity contribution in [3.05, 3.63) is 34.9 Å². The van der Waals surface area contributed by atoms with Crippen LogP contribution in [0.1, 0.15) is 37.7 Å². The average molecular weight is 339 g/mol. The summed E-state index contributed by atoms with van der Waals surface area (Å²) in [5, 5.41) is 9.80. The SMILES string of the molecule is CN1CCCCC1CC(=O)N(CCCO)Cc1ccc(Cl)cc1. The molecule has 2 rings (SSSR count). The Bertz CT molecular complexity index is 492. The maximum Gasteiger partial charge on any atom is 0.224 e. The number of hydrogen-bond acceptors (Lipinski definition) is 3. The van der Waals surface area contributed by atoms with Crippen LogP contribution in [0.5, 0.6) is 0 Å². The van der Waals surface area contributed by atoms with E-state index in [0.29, 0.717) is 37.0 Å². The second kappa shape index (κ2) is 9.26. The van der Waals surface area contributed by atoms with Gasteiger partial charge in [0.1, 0.15) is 0 Å². The lowest BCUT2D eigenvalue weighted by molar-refractivity contribution is -0.133. The fourth-order valence-electron chi connectivity index (χ4n) is 3.10. The summed E-state index contributed by atoms with van der Waals surface area (Å²) in [7, 11) is 2.11. The fraction of sp³-hybridized carbons (Fsp3) is 0.611. The first-order valence-electron chi connectivity index (χ1n) is 8.43. The molecular weight excluding hydrogens is 312 g/mol. The zero-order valence-electron chi connectivity index (χ0n) is 13.9. The summed E-state index contributed by atoms with van der Waals surface area (Å²) in [6, 6.07) is 7.95. The molecule has 4 nitrogen and oxygen atoms in total. The molecule has 0 saturated carbocycles. The number of carbonyl (C=O) groups excluding carboxylic acids is 1. The third-order valence-electron chi connectivity index (χ3n) is 4.56. The van der Waals surface area contributed by atoms with Crippen molar-refractivity contribution in [3.63, 3.8) is 0 Å². The predicted octanol–water partition coefficient (Wildman–Crippen LogP) is 2.93. The number of likely N-dealkylation sites (tertiary alicyclic amines) is 1. The Morgan fingerprint density at radius 2 is 2.09 bits per heavy atom. The molecule has 1 aliphatic heterocycles. The summed E-state index contributed by atoms with van der Waals surface area (Å²) in [5.74, 6) is 0.173. The first kappa shape index (κ1) is 18.2. The van der Waals surface area contributed by atoms with E-state index in [0.717, 1.165) is 18.5 Å². The number of rotatable bonds is 7. The van der Waals surface area contributed by atoms with Crippen LogP contribution in [0.2, 0.25) is 5.02 Å². The van der Waals surface area contributed by atoms with Gasteiger partial charge < -0.3 is 14.9 Å². The molecule has 1 unspecified atom stereocenters. The third kappa shape index (κ3) is 5.79. The fourth-order valence-corrected chi connectivity index (χ4v) is 3.22. The minimum absolute atomic E-state index is 0.105. The lowest BCUT2D eigenvalue weighted by Crippen LogP contribution is -2.41. The van der Waals surface area contributed by atoms with Crippen LogP contribution in [-0.2, 0) is 11.3 Å². The van der Waals surface area contributed by atoms with Gasteiger partial charge in [-0.25, -0.2) is 0 Å². The van der Waals surface area contributed by atoms with Crippen molar-refractivity contribution in [1.29, 1.82) is 0 Å². The molecule has 1 atom stereocenters. The van der Waals surface area contributed by atoms with Gasteiger partial charge in [-0.3, -0.25) is 4.79 Å². The Balaban J connectivity index is 1.98. The van der Waals surface area contributed by atoms with E-state index in [1.165, 1.54) is 12.8 Å². The first-order valence-corrected chi connectivity index (χ1v) is 8.81. The Hall–Kier alpha value is -1.10. The van der Waals surface area contributed by atoms with Gasteiger partial charge in [0.15, 0.2) is 0 Å². The van der Waals surface area contributed by atoms with Gasteiger partial charge in [-0.1, -0.05) is 30.2 Å². The van der Waals surface area contributed by atoms with Gasteiger partial charge in [0.05, 0.1) is 0 Å². The topological polar surface area (TPSA) is 43.8 Å². The highest BCUT2D eigenvalue weighted by Gasteiger charge is 2.24. The van der Waals surface area contributed by atoms with Crippen LogP contribution in [-0.4, -0.2) is 53.6 Å². The van der Waals surface area contributed by atoms with Gasteiger partial charge in [0.2, 0.25) is 5.91 Å². The quantitative estimate of drug-likeness (QED) is 0.831. The molecule has 5 heteroatoms. The summed E-state index contributed by atoms with van der Waals surface area (Å²) >= 11 is 5.92. The smallest absolute Gasteiger partial charge is 0.224 e. The van der Waals surface area contributed by atoms with Crippen molar-refractivity contribution in [2.75, 3.05) is 26.7 Å². The van der Waals surface area contributed by atoms with Crippen molar-refractivity contribution in [1.82, 2.24) is 9.80 Å². The van der Waals surface area contributed by atoms with Crippen LogP contribution >= 0.6 is 11.6 Å². The van der Waals surface area contributed by atoms with Crippen LogP contribution in [0, 0.1) is 0 Å². The summed E-state index contributed by atoms with van der Waals surface area (Å²) in [6.45, 7) is 2.35. The standard InChI is InChI=1S/C18H27ClN2O2/c1-20-10-3-2-5-17(20)13-18(23)21(11-4-12-22)14-15-6-8-16(19)9-7-15/h6-9,17,22H,2-5,10-14H2,1H3. The number of nitrogens with zero attached hydrogens (tertiary/aromatic N) is 2. The summed E-state index contributed by atoms with van der Waals surface area (Å²) in [6.07, 6.45) is 4.70. The molecule has 1 aliphatic rings. The summed E-state index contributed by atoms with van der Waals surface area (Å²) in [5.41, 5.74) is 1.07. The number of benzene rings is 1. The van der Waals surface area contributed by atoms with Crippen molar-refractivity contribution < 1.29 is 9.90 Å². The van der Waals surface area contributed by atoms with Crippen LogP contribution in [0.4, 0.5) is 0 Å². The number of aliphatic hydroxyl groups is 1. The van der Waals surface area contributed by atoms with E-state index in [2.05, 4.69) is 11.9 Å². The van der Waals surface area contributed by atoms with Gasteiger partial charge in [0, 0.05) is 37.2 Å². The Kier molecular flexibility index (Phi) is 7.34. The minimum Gasteiger partial charge on any atom is -0.396 e. The lowest BCUT2D eigenvalue weighted by atomic mass is 9.99. The van der Waals surface area contributed by atoms with Gasteiger partial charge >= 0.3 is 0 Å². The van der Waals surface area contributed by atoms with E-state index in [1.54, 1.807) is 0 Å². The molecule has 1 N–H and O–H groups in total. The monoisotopic (exact) mass is 338 g/mol. The number of carbonyl (C=O) groups is 1. The largest absolute Gasteiger partial charge is 0.396 e. The molecule has 128 valence electrons. The van der Waals surface area contributed by atoms with Crippen LogP contribution in [0.25, 0.3) is 0 Å². The summed E-state index contributed by atoms with van der Waals surface area (Å²) in [4.78, 5) is 16.9. The van der Waals surface area contributed by atoms with Crippen molar-refractivity contribution in [2.24, 2.45) is 0 Å². The lowest BCUT2D eigenvalue weighted by Gasteiger charge is -2.33. The number of piperidine rings is 1. The van der Waals surface area contributed by atoms with Gasteiger partial charge in [-0.2, -0.15) is 0 Å². The van der Waals surface area contributed by atoms with E-state index >= 15 is 0 Å². The maximum absolute atomic E-state index is 12.7. The number of hydrogen-bond donors (Lipinski definition) is 1. The van der Waals surface area contributed by atoms with E-state index in [4.69, 9.17) is 16.7 Å². The van der Waals surface area contributed by atoms with E-state index < -0.39 is 0 Å². The molecule has 1 fully saturated rings. The number of halogens is 1. The van der Waals surface area contributed by atoms with Crippen LogP contribution in [0.15, 0.2) is 24.3 Å². The molecule has 1 amide bonds. The zero-order valence-corrected chi connectivity index (χ0v) is 14.6. The Morgan fingerprint density at radius 1 is 1.35 bits per heavy atom. The Labute approximate surface area is 144 Å². The highest BCUT2D eigenvalue weighted by atomic mass is 35.5. The molecule has 1 saturated heterocycles. The normalized spacial score (nSPS) is 18.8. The predicted molar refractivity (Wildman–Crippen MR) is 93.5 cm³/mol.